The molecule has 0 saturated heterocycles. The van der Waals surface area contributed by atoms with Crippen LogP contribution in [0.2, 0.25) is 0 Å². The third kappa shape index (κ3) is 5.11. The van der Waals surface area contributed by atoms with E-state index in [1.165, 1.54) is 0 Å². The molecule has 0 amide bonds. The van der Waals surface area contributed by atoms with Crippen LogP contribution < -0.4 is 9.47 Å². The fourth-order valence-electron chi connectivity index (χ4n) is 2.58. The lowest BCUT2D eigenvalue weighted by molar-refractivity contribution is -0.166. The van der Waals surface area contributed by atoms with Crippen molar-refractivity contribution in [1.29, 1.82) is 0 Å². The molecule has 24 heavy (non-hydrogen) atoms. The number of benzene rings is 1. The highest BCUT2D eigenvalue weighted by atomic mass is 16.7. The van der Waals surface area contributed by atoms with Crippen LogP contribution in [0.25, 0.3) is 0 Å². The number of hydroxylamine groups is 2. The van der Waals surface area contributed by atoms with Crippen molar-refractivity contribution in [2.75, 3.05) is 19.7 Å². The van der Waals surface area contributed by atoms with Gasteiger partial charge >= 0.3 is 5.97 Å². The predicted molar refractivity (Wildman–Crippen MR) is 92.1 cm³/mol. The van der Waals surface area contributed by atoms with Crippen LogP contribution in [0.15, 0.2) is 24.3 Å². The molecule has 6 nitrogen and oxygen atoms in total. The standard InChI is InChI=1S/C12H14O4.C6H15NO/c1-3-8(11(13)14)12(2)15-9-6-4-5-7-10(9)16-12;1-4-7(5-2)8-6-3/h4-8H,3H2,1-2H3,(H,13,14);4-6H2,1-3H3. The Labute approximate surface area is 144 Å². The largest absolute Gasteiger partial charge is 0.481 e. The number of carboxylic acid groups (broad SMARTS) is 1. The van der Waals surface area contributed by atoms with E-state index in [0.717, 1.165) is 19.7 Å². The SMILES string of the molecule is CCC(C(=O)O)C1(C)Oc2ccccc2O1.CCON(CC)CC. The molecule has 1 aliphatic rings. The number of hydrogen-bond donors (Lipinski definition) is 1. The fraction of sp³-hybridized carbons (Fsp3) is 0.611. The van der Waals surface area contributed by atoms with Crippen molar-refractivity contribution in [2.45, 2.75) is 46.8 Å². The molecule has 1 aromatic rings. The van der Waals surface area contributed by atoms with E-state index in [4.69, 9.17) is 19.4 Å². The Morgan fingerprint density at radius 3 is 1.96 bits per heavy atom. The third-order valence-electron chi connectivity index (χ3n) is 3.83. The van der Waals surface area contributed by atoms with E-state index in [9.17, 15) is 4.79 Å². The molecule has 0 spiro atoms. The van der Waals surface area contributed by atoms with Crippen LogP contribution in [0.4, 0.5) is 0 Å². The predicted octanol–water partition coefficient (Wildman–Crippen LogP) is 3.56. The van der Waals surface area contributed by atoms with E-state index in [1.807, 2.05) is 24.1 Å². The van der Waals surface area contributed by atoms with Crippen LogP contribution in [-0.4, -0.2) is 41.6 Å². The van der Waals surface area contributed by atoms with E-state index in [2.05, 4.69) is 13.8 Å². The molecular weight excluding hydrogens is 310 g/mol. The lowest BCUT2D eigenvalue weighted by Gasteiger charge is -2.28. The smallest absolute Gasteiger partial charge is 0.314 e. The summed E-state index contributed by atoms with van der Waals surface area (Å²) in [7, 11) is 0. The molecule has 136 valence electrons. The number of ether oxygens (including phenoxy) is 2. The highest BCUT2D eigenvalue weighted by Crippen LogP contribution is 2.42. The van der Waals surface area contributed by atoms with Gasteiger partial charge < -0.3 is 14.6 Å². The monoisotopic (exact) mass is 339 g/mol. The molecule has 0 saturated carbocycles. The number of rotatable bonds is 7. The minimum absolute atomic E-state index is 0.458. The molecule has 1 heterocycles. The number of carbonyl (C=O) groups is 1. The molecule has 6 heteroatoms. The van der Waals surface area contributed by atoms with Crippen LogP contribution in [0.1, 0.15) is 41.0 Å². The normalized spacial score (nSPS) is 15.6. The second kappa shape index (κ2) is 9.49. The maximum atomic E-state index is 11.1. The summed E-state index contributed by atoms with van der Waals surface area (Å²) in [6.45, 7) is 12.4. The Hall–Kier alpha value is -1.79. The molecule has 1 N–H and O–H groups in total. The summed E-state index contributed by atoms with van der Waals surface area (Å²) >= 11 is 0. The lowest BCUT2D eigenvalue weighted by atomic mass is 9.97. The zero-order valence-electron chi connectivity index (χ0n) is 15.2. The van der Waals surface area contributed by atoms with Gasteiger partial charge in [0.05, 0.1) is 6.61 Å². The van der Waals surface area contributed by atoms with Crippen molar-refractivity contribution in [3.05, 3.63) is 24.3 Å². The van der Waals surface area contributed by atoms with Gasteiger partial charge in [-0.05, 0) is 25.5 Å². The summed E-state index contributed by atoms with van der Waals surface area (Å²) in [6.07, 6.45) is 0.458. The van der Waals surface area contributed by atoms with E-state index < -0.39 is 17.7 Å². The highest BCUT2D eigenvalue weighted by Gasteiger charge is 2.47. The molecule has 1 atom stereocenters. The van der Waals surface area contributed by atoms with E-state index >= 15 is 0 Å². The van der Waals surface area contributed by atoms with Crippen molar-refractivity contribution in [3.8, 4) is 11.5 Å². The summed E-state index contributed by atoms with van der Waals surface area (Å²) in [4.78, 5) is 16.3. The maximum Gasteiger partial charge on any atom is 0.314 e. The highest BCUT2D eigenvalue weighted by molar-refractivity contribution is 5.71. The number of hydrogen-bond acceptors (Lipinski definition) is 5. The third-order valence-corrected chi connectivity index (χ3v) is 3.83. The number of para-hydroxylation sites is 2. The van der Waals surface area contributed by atoms with Crippen LogP contribution in [0.3, 0.4) is 0 Å². The minimum atomic E-state index is -1.11. The number of fused-ring (bicyclic) bond motifs is 1. The molecule has 2 rings (SSSR count). The Kier molecular flexibility index (Phi) is 8.01. The van der Waals surface area contributed by atoms with Gasteiger partial charge in [-0.3, -0.25) is 9.63 Å². The van der Waals surface area contributed by atoms with Gasteiger partial charge in [-0.1, -0.05) is 32.9 Å². The Bertz CT molecular complexity index is 491. The van der Waals surface area contributed by atoms with Crippen molar-refractivity contribution in [1.82, 2.24) is 5.06 Å². The Morgan fingerprint density at radius 2 is 1.67 bits per heavy atom. The van der Waals surface area contributed by atoms with Gasteiger partial charge in [0.2, 0.25) is 0 Å². The molecule has 1 aliphatic heterocycles. The summed E-state index contributed by atoms with van der Waals surface area (Å²) in [5, 5.41) is 11.0. The Morgan fingerprint density at radius 1 is 1.17 bits per heavy atom. The van der Waals surface area contributed by atoms with E-state index in [-0.39, 0.29) is 0 Å². The topological polar surface area (TPSA) is 68.2 Å². The summed E-state index contributed by atoms with van der Waals surface area (Å²) < 4.78 is 11.2. The maximum absolute atomic E-state index is 11.1. The molecular formula is C18H29NO5. The van der Waals surface area contributed by atoms with Crippen molar-refractivity contribution in [3.63, 3.8) is 0 Å². The second-order valence-corrected chi connectivity index (χ2v) is 5.50. The van der Waals surface area contributed by atoms with Crippen LogP contribution in [-0.2, 0) is 9.63 Å². The summed E-state index contributed by atoms with van der Waals surface area (Å²) in [5.74, 6) is -1.49. The summed E-state index contributed by atoms with van der Waals surface area (Å²) in [6, 6.07) is 7.20. The zero-order chi connectivity index (χ0) is 18.2. The molecule has 0 fully saturated rings. The first-order valence-electron chi connectivity index (χ1n) is 8.49. The van der Waals surface area contributed by atoms with Crippen LogP contribution in [0, 0.1) is 5.92 Å². The van der Waals surface area contributed by atoms with E-state index in [1.54, 1.807) is 26.0 Å². The molecule has 0 aliphatic carbocycles. The fourth-order valence-corrected chi connectivity index (χ4v) is 2.58. The number of carboxylic acids is 1. The quantitative estimate of drug-likeness (QED) is 0.766. The molecule has 1 unspecified atom stereocenters. The summed E-state index contributed by atoms with van der Waals surface area (Å²) in [5.41, 5.74) is 0. The average molecular weight is 339 g/mol. The van der Waals surface area contributed by atoms with Crippen molar-refractivity contribution >= 4 is 5.97 Å². The van der Waals surface area contributed by atoms with Gasteiger partial charge in [0.1, 0.15) is 5.92 Å². The first-order chi connectivity index (χ1) is 11.4. The molecule has 1 aromatic carbocycles. The number of aliphatic carboxylic acids is 1. The van der Waals surface area contributed by atoms with E-state index in [0.29, 0.717) is 17.9 Å². The minimum Gasteiger partial charge on any atom is -0.481 e. The van der Waals surface area contributed by atoms with Gasteiger partial charge in [0, 0.05) is 20.0 Å². The van der Waals surface area contributed by atoms with Gasteiger partial charge in [-0.15, -0.1) is 0 Å². The molecule has 0 bridgehead atoms. The van der Waals surface area contributed by atoms with Crippen LogP contribution >= 0.6 is 0 Å². The molecule has 0 aromatic heterocycles. The first kappa shape index (κ1) is 20.3. The van der Waals surface area contributed by atoms with Crippen molar-refractivity contribution < 1.29 is 24.2 Å². The zero-order valence-corrected chi connectivity index (χ0v) is 15.2. The van der Waals surface area contributed by atoms with Crippen molar-refractivity contribution in [2.24, 2.45) is 5.92 Å². The first-order valence-corrected chi connectivity index (χ1v) is 8.49. The van der Waals surface area contributed by atoms with Crippen LogP contribution in [0.5, 0.6) is 11.5 Å². The second-order valence-electron chi connectivity index (χ2n) is 5.50. The lowest BCUT2D eigenvalue weighted by Crippen LogP contribution is -2.46. The van der Waals surface area contributed by atoms with Gasteiger partial charge in [-0.2, -0.15) is 5.06 Å². The Balaban J connectivity index is 0.000000307. The molecule has 0 radical (unpaired) electrons. The van der Waals surface area contributed by atoms with Gasteiger partial charge in [-0.25, -0.2) is 0 Å². The van der Waals surface area contributed by atoms with Gasteiger partial charge in [0.25, 0.3) is 5.79 Å². The average Bonchev–Trinajstić information content (AvgIpc) is 2.90. The number of nitrogens with zero attached hydrogens (tertiary/aromatic N) is 1. The van der Waals surface area contributed by atoms with Gasteiger partial charge in [0.15, 0.2) is 11.5 Å².